The Kier molecular flexibility index (Phi) is 2.32. The van der Waals surface area contributed by atoms with Gasteiger partial charge in [-0.1, -0.05) is 11.6 Å². The topological polar surface area (TPSA) is 30.0 Å². The molecule has 0 saturated heterocycles. The van der Waals surface area contributed by atoms with Gasteiger partial charge in [0.1, 0.15) is 5.15 Å². The highest BCUT2D eigenvalue weighted by atomic mass is 35.5. The summed E-state index contributed by atoms with van der Waals surface area (Å²) >= 11 is 5.82. The molecule has 1 aliphatic rings. The average molecular weight is 196 g/mol. The van der Waals surface area contributed by atoms with Crippen LogP contribution in [0.25, 0.3) is 0 Å². The van der Waals surface area contributed by atoms with Gasteiger partial charge in [0.15, 0.2) is 6.29 Å². The molecule has 0 amide bonds. The number of fused-ring (bicyclic) bond motifs is 1. The van der Waals surface area contributed by atoms with Crippen LogP contribution in [0.1, 0.15) is 34.5 Å². The Morgan fingerprint density at radius 3 is 2.92 bits per heavy atom. The number of carbonyl (C=O) groups is 1. The van der Waals surface area contributed by atoms with Gasteiger partial charge in [-0.25, -0.2) is 4.98 Å². The molecule has 0 fully saturated rings. The van der Waals surface area contributed by atoms with Gasteiger partial charge in [0.25, 0.3) is 0 Å². The van der Waals surface area contributed by atoms with E-state index in [9.17, 15) is 4.79 Å². The summed E-state index contributed by atoms with van der Waals surface area (Å²) in [5.41, 5.74) is 2.78. The second-order valence-corrected chi connectivity index (χ2v) is 3.66. The molecule has 0 unspecified atom stereocenters. The van der Waals surface area contributed by atoms with Crippen molar-refractivity contribution in [2.45, 2.75) is 25.7 Å². The monoisotopic (exact) mass is 195 g/mol. The minimum Gasteiger partial charge on any atom is -0.298 e. The van der Waals surface area contributed by atoms with E-state index in [1.165, 1.54) is 18.4 Å². The van der Waals surface area contributed by atoms with Crippen molar-refractivity contribution in [3.05, 3.63) is 28.0 Å². The fourth-order valence-corrected chi connectivity index (χ4v) is 1.91. The number of halogens is 1. The lowest BCUT2D eigenvalue weighted by Gasteiger charge is -2.14. The van der Waals surface area contributed by atoms with E-state index in [1.807, 2.05) is 6.07 Å². The zero-order valence-electron chi connectivity index (χ0n) is 7.22. The molecule has 1 aromatic heterocycles. The van der Waals surface area contributed by atoms with Gasteiger partial charge in [0, 0.05) is 5.69 Å². The Bertz CT molecular complexity index is 349. The van der Waals surface area contributed by atoms with Crippen LogP contribution in [0.5, 0.6) is 0 Å². The predicted molar refractivity (Wildman–Crippen MR) is 51.3 cm³/mol. The molecule has 0 bridgehead atoms. The molecule has 1 aromatic rings. The van der Waals surface area contributed by atoms with Crippen molar-refractivity contribution in [1.29, 1.82) is 0 Å². The zero-order chi connectivity index (χ0) is 9.26. The highest BCUT2D eigenvalue weighted by Crippen LogP contribution is 2.23. The number of aryl methyl sites for hydroxylation is 2. The van der Waals surface area contributed by atoms with Crippen molar-refractivity contribution < 1.29 is 4.79 Å². The molecule has 1 aliphatic carbocycles. The van der Waals surface area contributed by atoms with Gasteiger partial charge in [-0.05, 0) is 37.3 Å². The summed E-state index contributed by atoms with van der Waals surface area (Å²) in [5, 5.41) is 0.343. The summed E-state index contributed by atoms with van der Waals surface area (Å²) in [5.74, 6) is 0. The highest BCUT2D eigenvalue weighted by Gasteiger charge is 2.13. The Morgan fingerprint density at radius 2 is 2.15 bits per heavy atom. The number of rotatable bonds is 1. The van der Waals surface area contributed by atoms with E-state index in [0.29, 0.717) is 10.7 Å². The molecular weight excluding hydrogens is 186 g/mol. The third-order valence-corrected chi connectivity index (χ3v) is 2.71. The molecule has 2 nitrogen and oxygen atoms in total. The maximum absolute atomic E-state index is 10.6. The van der Waals surface area contributed by atoms with Crippen LogP contribution in [0.15, 0.2) is 6.07 Å². The van der Waals surface area contributed by atoms with E-state index in [0.717, 1.165) is 24.8 Å². The van der Waals surface area contributed by atoms with E-state index in [1.54, 1.807) is 0 Å². The number of aldehydes is 1. The van der Waals surface area contributed by atoms with Crippen molar-refractivity contribution in [2.75, 3.05) is 0 Å². The van der Waals surface area contributed by atoms with Gasteiger partial charge < -0.3 is 0 Å². The third kappa shape index (κ3) is 1.59. The normalized spacial score (nSPS) is 15.2. The summed E-state index contributed by atoms with van der Waals surface area (Å²) in [6.45, 7) is 0. The van der Waals surface area contributed by atoms with Crippen molar-refractivity contribution in [2.24, 2.45) is 0 Å². The van der Waals surface area contributed by atoms with Gasteiger partial charge >= 0.3 is 0 Å². The van der Waals surface area contributed by atoms with Gasteiger partial charge in [-0.3, -0.25) is 4.79 Å². The lowest BCUT2D eigenvalue weighted by molar-refractivity contribution is 0.112. The molecule has 2 rings (SSSR count). The molecular formula is C10H10ClNO. The minimum absolute atomic E-state index is 0.343. The number of aromatic nitrogens is 1. The summed E-state index contributed by atoms with van der Waals surface area (Å²) < 4.78 is 0. The van der Waals surface area contributed by atoms with Crippen molar-refractivity contribution in [3.8, 4) is 0 Å². The molecule has 13 heavy (non-hydrogen) atoms. The molecule has 0 atom stereocenters. The predicted octanol–water partition coefficient (Wildman–Crippen LogP) is 2.43. The molecule has 0 spiro atoms. The van der Waals surface area contributed by atoms with Crippen LogP contribution >= 0.6 is 11.6 Å². The van der Waals surface area contributed by atoms with Gasteiger partial charge in [-0.2, -0.15) is 0 Å². The maximum atomic E-state index is 10.6. The molecule has 0 N–H and O–H groups in total. The van der Waals surface area contributed by atoms with Crippen LogP contribution in [0.2, 0.25) is 5.15 Å². The van der Waals surface area contributed by atoms with Crippen LogP contribution in [0.4, 0.5) is 0 Å². The van der Waals surface area contributed by atoms with E-state index in [4.69, 9.17) is 11.6 Å². The summed E-state index contributed by atoms with van der Waals surface area (Å²) in [6.07, 6.45) is 5.16. The third-order valence-electron chi connectivity index (χ3n) is 2.41. The highest BCUT2D eigenvalue weighted by molar-refractivity contribution is 6.31. The fourth-order valence-electron chi connectivity index (χ4n) is 1.71. The standard InChI is InChI=1S/C10H10ClNO/c11-10-8(6-13)5-7-3-1-2-4-9(7)12-10/h5-6H,1-4H2. The van der Waals surface area contributed by atoms with Gasteiger partial charge in [-0.15, -0.1) is 0 Å². The van der Waals surface area contributed by atoms with E-state index >= 15 is 0 Å². The first-order chi connectivity index (χ1) is 6.31. The molecule has 1 heterocycles. The molecule has 0 saturated carbocycles. The second kappa shape index (κ2) is 3.46. The van der Waals surface area contributed by atoms with Crippen LogP contribution in [0.3, 0.4) is 0 Å². The Morgan fingerprint density at radius 1 is 1.38 bits per heavy atom. The second-order valence-electron chi connectivity index (χ2n) is 3.30. The lowest BCUT2D eigenvalue weighted by atomic mass is 9.95. The van der Waals surface area contributed by atoms with Crippen LogP contribution in [-0.4, -0.2) is 11.3 Å². The lowest BCUT2D eigenvalue weighted by Crippen LogP contribution is -2.06. The van der Waals surface area contributed by atoms with E-state index < -0.39 is 0 Å². The first-order valence-electron chi connectivity index (χ1n) is 4.45. The molecule has 0 aromatic carbocycles. The minimum atomic E-state index is 0.343. The smallest absolute Gasteiger partial charge is 0.153 e. The zero-order valence-corrected chi connectivity index (χ0v) is 7.97. The SMILES string of the molecule is O=Cc1cc2c(nc1Cl)CCCC2. The van der Waals surface area contributed by atoms with Gasteiger partial charge in [0.05, 0.1) is 5.56 Å². The van der Waals surface area contributed by atoms with Gasteiger partial charge in [0.2, 0.25) is 0 Å². The largest absolute Gasteiger partial charge is 0.298 e. The van der Waals surface area contributed by atoms with Crippen molar-refractivity contribution >= 4 is 17.9 Å². The van der Waals surface area contributed by atoms with E-state index in [2.05, 4.69) is 4.98 Å². The first kappa shape index (κ1) is 8.70. The Hall–Kier alpha value is -0.890. The number of pyridine rings is 1. The summed E-state index contributed by atoms with van der Waals surface area (Å²) in [4.78, 5) is 14.8. The molecule has 0 radical (unpaired) electrons. The fraction of sp³-hybridized carbons (Fsp3) is 0.400. The first-order valence-corrected chi connectivity index (χ1v) is 4.82. The summed E-state index contributed by atoms with van der Waals surface area (Å²) in [7, 11) is 0. The van der Waals surface area contributed by atoms with E-state index in [-0.39, 0.29) is 0 Å². The van der Waals surface area contributed by atoms with Crippen LogP contribution < -0.4 is 0 Å². The summed E-state index contributed by atoms with van der Waals surface area (Å²) in [6, 6.07) is 1.87. The Labute approximate surface area is 81.9 Å². The van der Waals surface area contributed by atoms with Crippen molar-refractivity contribution in [1.82, 2.24) is 4.98 Å². The van der Waals surface area contributed by atoms with Crippen LogP contribution in [-0.2, 0) is 12.8 Å². The Balaban J connectivity index is 2.50. The quantitative estimate of drug-likeness (QED) is 0.509. The molecule has 0 aliphatic heterocycles. The maximum Gasteiger partial charge on any atom is 0.153 e. The molecule has 68 valence electrons. The number of hydrogen-bond donors (Lipinski definition) is 0. The number of hydrogen-bond acceptors (Lipinski definition) is 2. The van der Waals surface area contributed by atoms with Crippen LogP contribution in [0, 0.1) is 0 Å². The average Bonchev–Trinajstić information content (AvgIpc) is 2.17. The van der Waals surface area contributed by atoms with Crippen molar-refractivity contribution in [3.63, 3.8) is 0 Å². The number of nitrogens with zero attached hydrogens (tertiary/aromatic N) is 1. The molecule has 3 heteroatoms. The number of carbonyl (C=O) groups excluding carboxylic acids is 1.